The summed E-state index contributed by atoms with van der Waals surface area (Å²) in [7, 11) is 3.42. The van der Waals surface area contributed by atoms with Crippen molar-refractivity contribution in [3.63, 3.8) is 0 Å². The van der Waals surface area contributed by atoms with E-state index in [1.165, 1.54) is 4.90 Å². The SMILES string of the molecule is CCN(CC(=O)N(C)C)C(=O)C1(CC)CCCN1. The van der Waals surface area contributed by atoms with Gasteiger partial charge in [0.1, 0.15) is 0 Å². The molecule has 0 aromatic rings. The molecule has 1 fully saturated rings. The van der Waals surface area contributed by atoms with Crippen LogP contribution in [0.15, 0.2) is 0 Å². The lowest BCUT2D eigenvalue weighted by molar-refractivity contribution is -0.143. The lowest BCUT2D eigenvalue weighted by Crippen LogP contribution is -2.56. The molecule has 0 aromatic heterocycles. The lowest BCUT2D eigenvalue weighted by Gasteiger charge is -2.33. The molecule has 1 atom stereocenters. The zero-order chi connectivity index (χ0) is 13.8. The fourth-order valence-corrected chi connectivity index (χ4v) is 2.38. The smallest absolute Gasteiger partial charge is 0.243 e. The van der Waals surface area contributed by atoms with E-state index in [4.69, 9.17) is 0 Å². The Kier molecular flexibility index (Phi) is 5.14. The molecule has 0 aromatic carbocycles. The third-order valence-corrected chi connectivity index (χ3v) is 3.75. The molecule has 104 valence electrons. The number of hydrogen-bond acceptors (Lipinski definition) is 3. The average molecular weight is 255 g/mol. The van der Waals surface area contributed by atoms with E-state index in [0.29, 0.717) is 6.54 Å². The second-order valence-corrected chi connectivity index (χ2v) is 5.07. The summed E-state index contributed by atoms with van der Waals surface area (Å²) in [5.41, 5.74) is -0.442. The van der Waals surface area contributed by atoms with Crippen LogP contribution in [0, 0.1) is 0 Å². The van der Waals surface area contributed by atoms with Crippen LogP contribution in [0.2, 0.25) is 0 Å². The van der Waals surface area contributed by atoms with Crippen LogP contribution < -0.4 is 5.32 Å². The van der Waals surface area contributed by atoms with E-state index in [9.17, 15) is 9.59 Å². The molecule has 2 amide bonds. The standard InChI is InChI=1S/C13H25N3O2/c1-5-13(8-7-9-14-13)12(18)16(6-2)10-11(17)15(3)4/h14H,5-10H2,1-4H3. The molecule has 1 unspecified atom stereocenters. The van der Waals surface area contributed by atoms with Crippen molar-refractivity contribution >= 4 is 11.8 Å². The minimum absolute atomic E-state index is 0.0329. The van der Waals surface area contributed by atoms with Gasteiger partial charge in [-0.2, -0.15) is 0 Å². The third-order valence-electron chi connectivity index (χ3n) is 3.75. The molecule has 1 heterocycles. The first kappa shape index (κ1) is 15.0. The van der Waals surface area contributed by atoms with Gasteiger partial charge in [0.25, 0.3) is 0 Å². The van der Waals surface area contributed by atoms with Gasteiger partial charge in [0.05, 0.1) is 12.1 Å². The van der Waals surface area contributed by atoms with E-state index < -0.39 is 5.54 Å². The molecule has 0 radical (unpaired) electrons. The highest BCUT2D eigenvalue weighted by Crippen LogP contribution is 2.25. The third kappa shape index (κ3) is 3.02. The highest BCUT2D eigenvalue weighted by atomic mass is 16.2. The van der Waals surface area contributed by atoms with Crippen LogP contribution in [-0.2, 0) is 9.59 Å². The summed E-state index contributed by atoms with van der Waals surface area (Å²) in [6, 6.07) is 0. The summed E-state index contributed by atoms with van der Waals surface area (Å²) in [6.07, 6.45) is 2.67. The predicted molar refractivity (Wildman–Crippen MR) is 71.2 cm³/mol. The van der Waals surface area contributed by atoms with Gasteiger partial charge in [0.15, 0.2) is 0 Å². The fourth-order valence-electron chi connectivity index (χ4n) is 2.38. The number of nitrogens with one attached hydrogen (secondary N) is 1. The Morgan fingerprint density at radius 2 is 1.94 bits per heavy atom. The Labute approximate surface area is 110 Å². The molecule has 0 aliphatic carbocycles. The molecule has 1 rings (SSSR count). The molecular formula is C13H25N3O2. The maximum Gasteiger partial charge on any atom is 0.243 e. The van der Waals surface area contributed by atoms with Crippen LogP contribution in [0.3, 0.4) is 0 Å². The van der Waals surface area contributed by atoms with Gasteiger partial charge in [-0.05, 0) is 32.7 Å². The lowest BCUT2D eigenvalue weighted by atomic mass is 9.92. The molecule has 0 bridgehead atoms. The molecule has 18 heavy (non-hydrogen) atoms. The second-order valence-electron chi connectivity index (χ2n) is 5.07. The second kappa shape index (κ2) is 6.18. The number of carbonyl (C=O) groups is 2. The Hall–Kier alpha value is -1.10. The first-order valence-corrected chi connectivity index (χ1v) is 6.71. The average Bonchev–Trinajstić information content (AvgIpc) is 2.84. The van der Waals surface area contributed by atoms with E-state index in [1.54, 1.807) is 19.0 Å². The van der Waals surface area contributed by atoms with Crippen LogP contribution in [0.5, 0.6) is 0 Å². The van der Waals surface area contributed by atoms with E-state index in [1.807, 2.05) is 13.8 Å². The van der Waals surface area contributed by atoms with Crippen molar-refractivity contribution < 1.29 is 9.59 Å². The Morgan fingerprint density at radius 3 is 2.33 bits per heavy atom. The van der Waals surface area contributed by atoms with Crippen molar-refractivity contribution in [3.05, 3.63) is 0 Å². The summed E-state index contributed by atoms with van der Waals surface area (Å²) in [5, 5.41) is 3.32. The molecule has 1 aliphatic rings. The van der Waals surface area contributed by atoms with E-state index in [2.05, 4.69) is 5.32 Å². The fraction of sp³-hybridized carbons (Fsp3) is 0.846. The normalized spacial score (nSPS) is 22.9. The Balaban J connectivity index is 2.75. The molecule has 5 heteroatoms. The molecular weight excluding hydrogens is 230 g/mol. The van der Waals surface area contributed by atoms with Gasteiger partial charge in [0, 0.05) is 20.6 Å². The molecule has 1 saturated heterocycles. The van der Waals surface area contributed by atoms with Crippen molar-refractivity contribution in [3.8, 4) is 0 Å². The highest BCUT2D eigenvalue weighted by molar-refractivity contribution is 5.90. The summed E-state index contributed by atoms with van der Waals surface area (Å²) in [4.78, 5) is 27.5. The maximum atomic E-state index is 12.6. The van der Waals surface area contributed by atoms with E-state index in [-0.39, 0.29) is 18.4 Å². The molecule has 5 nitrogen and oxygen atoms in total. The molecule has 1 N–H and O–H groups in total. The number of nitrogens with zero attached hydrogens (tertiary/aromatic N) is 2. The van der Waals surface area contributed by atoms with Gasteiger partial charge in [-0.3, -0.25) is 9.59 Å². The summed E-state index contributed by atoms with van der Waals surface area (Å²) in [6.45, 7) is 5.57. The van der Waals surface area contributed by atoms with Gasteiger partial charge in [-0.15, -0.1) is 0 Å². The van der Waals surface area contributed by atoms with Crippen LogP contribution in [-0.4, -0.2) is 60.9 Å². The predicted octanol–water partition coefficient (Wildman–Crippen LogP) is 0.455. The van der Waals surface area contributed by atoms with Crippen LogP contribution in [0.25, 0.3) is 0 Å². The van der Waals surface area contributed by atoms with Crippen LogP contribution >= 0.6 is 0 Å². The summed E-state index contributed by atoms with van der Waals surface area (Å²) in [5.74, 6) is 0.0367. The largest absolute Gasteiger partial charge is 0.347 e. The van der Waals surface area contributed by atoms with Crippen molar-refractivity contribution in [2.24, 2.45) is 0 Å². The number of likely N-dealkylation sites (N-methyl/N-ethyl adjacent to an activating group) is 2. The first-order chi connectivity index (χ1) is 8.46. The van der Waals surface area contributed by atoms with Gasteiger partial charge in [-0.1, -0.05) is 6.92 Å². The number of carbonyl (C=O) groups excluding carboxylic acids is 2. The van der Waals surface area contributed by atoms with E-state index in [0.717, 1.165) is 25.8 Å². The monoisotopic (exact) mass is 255 g/mol. The van der Waals surface area contributed by atoms with Crippen molar-refractivity contribution in [2.75, 3.05) is 33.7 Å². The van der Waals surface area contributed by atoms with Crippen molar-refractivity contribution in [1.82, 2.24) is 15.1 Å². The molecule has 1 aliphatic heterocycles. The first-order valence-electron chi connectivity index (χ1n) is 6.71. The molecule has 0 spiro atoms. The minimum Gasteiger partial charge on any atom is -0.347 e. The van der Waals surface area contributed by atoms with Crippen molar-refractivity contribution in [2.45, 2.75) is 38.6 Å². The van der Waals surface area contributed by atoms with E-state index >= 15 is 0 Å². The number of amides is 2. The Bertz CT molecular complexity index is 309. The number of rotatable bonds is 5. The minimum atomic E-state index is -0.442. The van der Waals surface area contributed by atoms with Crippen LogP contribution in [0.1, 0.15) is 33.1 Å². The van der Waals surface area contributed by atoms with Gasteiger partial charge >= 0.3 is 0 Å². The summed E-state index contributed by atoms with van der Waals surface area (Å²) < 4.78 is 0. The van der Waals surface area contributed by atoms with Crippen molar-refractivity contribution in [1.29, 1.82) is 0 Å². The quantitative estimate of drug-likeness (QED) is 0.776. The summed E-state index contributed by atoms with van der Waals surface area (Å²) >= 11 is 0. The van der Waals surface area contributed by atoms with Crippen LogP contribution in [0.4, 0.5) is 0 Å². The highest BCUT2D eigenvalue weighted by Gasteiger charge is 2.41. The zero-order valence-corrected chi connectivity index (χ0v) is 12.0. The Morgan fingerprint density at radius 1 is 1.28 bits per heavy atom. The maximum absolute atomic E-state index is 12.6. The zero-order valence-electron chi connectivity index (χ0n) is 12.0. The van der Waals surface area contributed by atoms with Gasteiger partial charge in [-0.25, -0.2) is 0 Å². The topological polar surface area (TPSA) is 52.7 Å². The molecule has 0 saturated carbocycles. The van der Waals surface area contributed by atoms with Gasteiger partial charge < -0.3 is 15.1 Å². The number of hydrogen-bond donors (Lipinski definition) is 1. The van der Waals surface area contributed by atoms with Gasteiger partial charge in [0.2, 0.25) is 11.8 Å².